The maximum Gasteiger partial charge on any atom is 0.293 e. The number of nitrogens with zero attached hydrogens (tertiary/aromatic N) is 2. The molecule has 0 spiro atoms. The minimum absolute atomic E-state index is 0.0337. The molecule has 2 rings (SSSR count). The number of fused-ring (bicyclic) bond motifs is 1. The summed E-state index contributed by atoms with van der Waals surface area (Å²) >= 11 is 1.39. The van der Waals surface area contributed by atoms with Gasteiger partial charge in [0.1, 0.15) is 5.69 Å². The Labute approximate surface area is 112 Å². The third kappa shape index (κ3) is 2.98. The quantitative estimate of drug-likeness (QED) is 0.563. The molecule has 1 unspecified atom stereocenters. The molecule has 0 aliphatic carbocycles. The number of thiazole rings is 1. The minimum atomic E-state index is -0.965. The number of nitro benzene ring substituents is 1. The third-order valence-electron chi connectivity index (χ3n) is 2.55. The summed E-state index contributed by atoms with van der Waals surface area (Å²) in [6.07, 6.45) is -0.965. The molecule has 0 amide bonds. The van der Waals surface area contributed by atoms with E-state index < -0.39 is 17.6 Å². The molecule has 0 aliphatic rings. The molecule has 8 heteroatoms. The zero-order chi connectivity index (χ0) is 14.0. The molecule has 0 fully saturated rings. The van der Waals surface area contributed by atoms with Gasteiger partial charge >= 0.3 is 0 Å². The van der Waals surface area contributed by atoms with Crippen LogP contribution >= 0.6 is 11.3 Å². The molecule has 1 heterocycles. The van der Waals surface area contributed by atoms with Crippen molar-refractivity contribution in [2.75, 3.05) is 18.5 Å². The van der Waals surface area contributed by atoms with Gasteiger partial charge in [0, 0.05) is 12.6 Å². The van der Waals surface area contributed by atoms with Crippen molar-refractivity contribution in [1.29, 1.82) is 0 Å². The average Bonchev–Trinajstić information content (AvgIpc) is 2.73. The van der Waals surface area contributed by atoms with E-state index in [1.807, 2.05) is 6.92 Å². The summed E-state index contributed by atoms with van der Waals surface area (Å²) in [6.45, 7) is 1.46. The summed E-state index contributed by atoms with van der Waals surface area (Å²) in [5.41, 5.74) is 0.894. The van der Waals surface area contributed by atoms with Crippen molar-refractivity contribution in [3.63, 3.8) is 0 Å². The molecule has 7 nitrogen and oxygen atoms in total. The monoisotopic (exact) mass is 283 g/mol. The molecule has 0 saturated heterocycles. The van der Waals surface area contributed by atoms with Crippen molar-refractivity contribution in [3.05, 3.63) is 27.3 Å². The molecule has 1 aromatic carbocycles. The largest absolute Gasteiger partial charge is 0.394 e. The fraction of sp³-hybridized carbons (Fsp3) is 0.364. The Hall–Kier alpha value is -1.77. The number of aliphatic hydroxyl groups excluding tert-OH is 2. The normalized spacial score (nSPS) is 12.6. The summed E-state index contributed by atoms with van der Waals surface area (Å²) in [6, 6.07) is 3.05. The van der Waals surface area contributed by atoms with E-state index in [0.29, 0.717) is 5.52 Å². The van der Waals surface area contributed by atoms with E-state index in [4.69, 9.17) is 5.11 Å². The van der Waals surface area contributed by atoms with Crippen molar-refractivity contribution < 1.29 is 15.1 Å². The fourth-order valence-electron chi connectivity index (χ4n) is 1.66. The Kier molecular flexibility index (Phi) is 3.93. The molecule has 0 aliphatic heterocycles. The fourth-order valence-corrected chi connectivity index (χ4v) is 2.51. The standard InChI is InChI=1S/C11H13N3O4S/c1-6-13-9-2-8(12-4-7(16)5-15)10(14(17)18)3-11(9)19-6/h2-3,7,12,15-16H,4-5H2,1H3. The summed E-state index contributed by atoms with van der Waals surface area (Å²) in [5, 5.41) is 32.6. The number of aryl methyl sites for hydroxylation is 1. The number of nitrogens with one attached hydrogen (secondary N) is 1. The van der Waals surface area contributed by atoms with Gasteiger partial charge in [0.05, 0.1) is 32.9 Å². The van der Waals surface area contributed by atoms with E-state index in [2.05, 4.69) is 10.3 Å². The molecule has 2 aromatic rings. The van der Waals surface area contributed by atoms with Gasteiger partial charge in [0.15, 0.2) is 0 Å². The van der Waals surface area contributed by atoms with Crippen LogP contribution in [0.25, 0.3) is 10.2 Å². The predicted molar refractivity (Wildman–Crippen MR) is 72.6 cm³/mol. The molecular weight excluding hydrogens is 270 g/mol. The Balaban J connectivity index is 2.38. The number of benzene rings is 1. The van der Waals surface area contributed by atoms with E-state index in [0.717, 1.165) is 9.71 Å². The smallest absolute Gasteiger partial charge is 0.293 e. The predicted octanol–water partition coefficient (Wildman–Crippen LogP) is 1.28. The van der Waals surface area contributed by atoms with E-state index >= 15 is 0 Å². The Morgan fingerprint density at radius 3 is 2.95 bits per heavy atom. The van der Waals surface area contributed by atoms with Gasteiger partial charge in [0.2, 0.25) is 0 Å². The van der Waals surface area contributed by atoms with Crippen molar-refractivity contribution in [2.24, 2.45) is 0 Å². The topological polar surface area (TPSA) is 109 Å². The lowest BCUT2D eigenvalue weighted by molar-refractivity contribution is -0.383. The van der Waals surface area contributed by atoms with Crippen molar-refractivity contribution in [1.82, 2.24) is 4.98 Å². The Bertz CT molecular complexity index is 613. The highest BCUT2D eigenvalue weighted by molar-refractivity contribution is 7.18. The lowest BCUT2D eigenvalue weighted by atomic mass is 10.2. The SMILES string of the molecule is Cc1nc2cc(NCC(O)CO)c([N+](=O)[O-])cc2s1. The van der Waals surface area contributed by atoms with Gasteiger partial charge in [-0.2, -0.15) is 0 Å². The summed E-state index contributed by atoms with van der Waals surface area (Å²) in [5.74, 6) is 0. The molecule has 0 radical (unpaired) electrons. The first-order chi connectivity index (χ1) is 9.01. The second-order valence-electron chi connectivity index (χ2n) is 4.04. The van der Waals surface area contributed by atoms with Crippen LogP contribution in [0.2, 0.25) is 0 Å². The van der Waals surface area contributed by atoms with E-state index in [1.165, 1.54) is 17.4 Å². The third-order valence-corrected chi connectivity index (χ3v) is 3.48. The maximum atomic E-state index is 11.0. The van der Waals surface area contributed by atoms with E-state index in [-0.39, 0.29) is 17.9 Å². The van der Waals surface area contributed by atoms with Gasteiger partial charge in [0.25, 0.3) is 5.69 Å². The van der Waals surface area contributed by atoms with Gasteiger partial charge in [-0.3, -0.25) is 10.1 Å². The first-order valence-electron chi connectivity index (χ1n) is 5.59. The number of hydrogen-bond donors (Lipinski definition) is 3. The zero-order valence-corrected chi connectivity index (χ0v) is 11.0. The van der Waals surface area contributed by atoms with Crippen molar-refractivity contribution in [2.45, 2.75) is 13.0 Å². The molecule has 1 aromatic heterocycles. The van der Waals surface area contributed by atoms with Crippen LogP contribution in [-0.4, -0.2) is 39.4 Å². The minimum Gasteiger partial charge on any atom is -0.394 e. The summed E-state index contributed by atoms with van der Waals surface area (Å²) in [4.78, 5) is 14.8. The number of aromatic nitrogens is 1. The van der Waals surface area contributed by atoms with Gasteiger partial charge in [-0.05, 0) is 13.0 Å². The number of anilines is 1. The molecule has 102 valence electrons. The first kappa shape index (κ1) is 13.7. The lowest BCUT2D eigenvalue weighted by Crippen LogP contribution is -2.23. The van der Waals surface area contributed by atoms with Gasteiger partial charge in [-0.25, -0.2) is 4.98 Å². The number of hydrogen-bond acceptors (Lipinski definition) is 7. The van der Waals surface area contributed by atoms with Crippen LogP contribution in [0.1, 0.15) is 5.01 Å². The van der Waals surface area contributed by atoms with Crippen LogP contribution in [0.3, 0.4) is 0 Å². The first-order valence-corrected chi connectivity index (χ1v) is 6.41. The maximum absolute atomic E-state index is 11.0. The zero-order valence-electron chi connectivity index (χ0n) is 10.2. The van der Waals surface area contributed by atoms with Crippen LogP contribution in [-0.2, 0) is 0 Å². The second kappa shape index (κ2) is 5.47. The Morgan fingerprint density at radius 2 is 2.32 bits per heavy atom. The summed E-state index contributed by atoms with van der Waals surface area (Å²) < 4.78 is 0.748. The molecule has 3 N–H and O–H groups in total. The highest BCUT2D eigenvalue weighted by Crippen LogP contribution is 2.32. The average molecular weight is 283 g/mol. The van der Waals surface area contributed by atoms with Gasteiger partial charge < -0.3 is 15.5 Å². The molecule has 0 saturated carbocycles. The molecule has 1 atom stereocenters. The van der Waals surface area contributed by atoms with Gasteiger partial charge in [-0.1, -0.05) is 0 Å². The van der Waals surface area contributed by atoms with Crippen LogP contribution in [0.5, 0.6) is 0 Å². The number of nitro groups is 1. The van der Waals surface area contributed by atoms with Crippen LogP contribution in [0, 0.1) is 17.0 Å². The second-order valence-corrected chi connectivity index (χ2v) is 5.28. The number of aliphatic hydroxyl groups is 2. The lowest BCUT2D eigenvalue weighted by Gasteiger charge is -2.10. The van der Waals surface area contributed by atoms with Crippen LogP contribution < -0.4 is 5.32 Å². The van der Waals surface area contributed by atoms with Crippen molar-refractivity contribution in [3.8, 4) is 0 Å². The summed E-state index contributed by atoms with van der Waals surface area (Å²) in [7, 11) is 0. The van der Waals surface area contributed by atoms with Crippen LogP contribution in [0.15, 0.2) is 12.1 Å². The molecule has 0 bridgehead atoms. The van der Waals surface area contributed by atoms with E-state index in [1.54, 1.807) is 6.07 Å². The van der Waals surface area contributed by atoms with Gasteiger partial charge in [-0.15, -0.1) is 11.3 Å². The molecular formula is C11H13N3O4S. The number of rotatable bonds is 5. The van der Waals surface area contributed by atoms with Crippen LogP contribution in [0.4, 0.5) is 11.4 Å². The Morgan fingerprint density at radius 1 is 1.58 bits per heavy atom. The van der Waals surface area contributed by atoms with E-state index in [9.17, 15) is 15.2 Å². The molecule has 19 heavy (non-hydrogen) atoms. The highest BCUT2D eigenvalue weighted by Gasteiger charge is 2.17. The van der Waals surface area contributed by atoms with Crippen molar-refractivity contribution >= 4 is 32.9 Å². The highest BCUT2D eigenvalue weighted by atomic mass is 32.1.